The molecular formula is C13H29N3O. The van der Waals surface area contributed by atoms with E-state index in [1.165, 1.54) is 0 Å². The highest BCUT2D eigenvalue weighted by atomic mass is 16.5. The van der Waals surface area contributed by atoms with Crippen molar-refractivity contribution >= 4 is 0 Å². The normalized spacial score (nSPS) is 27.7. The minimum absolute atomic E-state index is 0.111. The van der Waals surface area contributed by atoms with Crippen molar-refractivity contribution in [3.63, 3.8) is 0 Å². The Balaban J connectivity index is 2.25. The van der Waals surface area contributed by atoms with Gasteiger partial charge >= 0.3 is 0 Å². The molecule has 102 valence electrons. The fourth-order valence-corrected chi connectivity index (χ4v) is 2.55. The fraction of sp³-hybridized carbons (Fsp3) is 1.00. The standard InChI is InChI=1S/C13H29N3O/c1-11-8-16(9-12(2)17-11)7-6-15(5)10-13(3,4)14/h11-12H,6-10,14H2,1-5H3/t11-,12+. The molecule has 0 saturated carbocycles. The Morgan fingerprint density at radius 2 is 1.82 bits per heavy atom. The second-order valence-electron chi connectivity index (χ2n) is 6.24. The van der Waals surface area contributed by atoms with Crippen LogP contribution in [0.2, 0.25) is 0 Å². The number of hydrogen-bond donors (Lipinski definition) is 1. The van der Waals surface area contributed by atoms with Crippen LogP contribution in [-0.4, -0.2) is 67.3 Å². The minimum atomic E-state index is -0.111. The van der Waals surface area contributed by atoms with E-state index in [4.69, 9.17) is 10.5 Å². The van der Waals surface area contributed by atoms with Crippen molar-refractivity contribution in [2.24, 2.45) is 5.73 Å². The molecule has 4 heteroatoms. The number of hydrogen-bond acceptors (Lipinski definition) is 4. The topological polar surface area (TPSA) is 41.7 Å². The Morgan fingerprint density at radius 3 is 2.29 bits per heavy atom. The van der Waals surface area contributed by atoms with Crippen molar-refractivity contribution < 1.29 is 4.74 Å². The molecule has 0 bridgehead atoms. The minimum Gasteiger partial charge on any atom is -0.373 e. The van der Waals surface area contributed by atoms with Crippen LogP contribution in [0.1, 0.15) is 27.7 Å². The Kier molecular flexibility index (Phi) is 5.38. The van der Waals surface area contributed by atoms with Gasteiger partial charge in [0.25, 0.3) is 0 Å². The van der Waals surface area contributed by atoms with E-state index in [0.717, 1.165) is 32.7 Å². The molecule has 0 amide bonds. The first-order valence-electron chi connectivity index (χ1n) is 6.61. The Bertz CT molecular complexity index is 217. The highest BCUT2D eigenvalue weighted by Crippen LogP contribution is 2.10. The van der Waals surface area contributed by atoms with Crippen LogP contribution in [0.15, 0.2) is 0 Å². The van der Waals surface area contributed by atoms with E-state index in [1.807, 2.05) is 0 Å². The van der Waals surface area contributed by atoms with Crippen LogP contribution in [-0.2, 0) is 4.74 Å². The van der Waals surface area contributed by atoms with Crippen LogP contribution in [0.3, 0.4) is 0 Å². The van der Waals surface area contributed by atoms with Gasteiger partial charge in [-0.1, -0.05) is 0 Å². The lowest BCUT2D eigenvalue weighted by Gasteiger charge is -2.36. The molecule has 2 atom stereocenters. The lowest BCUT2D eigenvalue weighted by atomic mass is 10.1. The summed E-state index contributed by atoms with van der Waals surface area (Å²) in [6.45, 7) is 13.6. The lowest BCUT2D eigenvalue weighted by molar-refractivity contribution is -0.0691. The summed E-state index contributed by atoms with van der Waals surface area (Å²) in [5.74, 6) is 0. The summed E-state index contributed by atoms with van der Waals surface area (Å²) in [6, 6.07) is 0. The maximum absolute atomic E-state index is 6.01. The number of nitrogens with two attached hydrogens (primary N) is 1. The van der Waals surface area contributed by atoms with E-state index in [9.17, 15) is 0 Å². The molecule has 1 fully saturated rings. The van der Waals surface area contributed by atoms with Crippen molar-refractivity contribution in [2.75, 3.05) is 39.8 Å². The predicted molar refractivity (Wildman–Crippen MR) is 72.2 cm³/mol. The molecule has 0 aromatic rings. The molecule has 2 N–H and O–H groups in total. The van der Waals surface area contributed by atoms with Crippen LogP contribution in [0.4, 0.5) is 0 Å². The first-order valence-corrected chi connectivity index (χ1v) is 6.61. The van der Waals surface area contributed by atoms with Gasteiger partial charge in [-0.05, 0) is 34.7 Å². The molecule has 0 unspecified atom stereocenters. The Labute approximate surface area is 106 Å². The number of ether oxygens (including phenoxy) is 1. The molecular weight excluding hydrogens is 214 g/mol. The third-order valence-electron chi connectivity index (χ3n) is 2.97. The summed E-state index contributed by atoms with van der Waals surface area (Å²) in [4.78, 5) is 4.80. The maximum atomic E-state index is 6.01. The highest BCUT2D eigenvalue weighted by molar-refractivity contribution is 4.78. The number of rotatable bonds is 5. The van der Waals surface area contributed by atoms with Gasteiger partial charge in [-0.3, -0.25) is 4.90 Å². The van der Waals surface area contributed by atoms with Crippen LogP contribution >= 0.6 is 0 Å². The first-order chi connectivity index (χ1) is 7.76. The van der Waals surface area contributed by atoms with Gasteiger partial charge in [0.15, 0.2) is 0 Å². The zero-order valence-corrected chi connectivity index (χ0v) is 12.1. The van der Waals surface area contributed by atoms with Gasteiger partial charge in [0.2, 0.25) is 0 Å². The third-order valence-corrected chi connectivity index (χ3v) is 2.97. The van der Waals surface area contributed by atoms with E-state index in [1.54, 1.807) is 0 Å². The van der Waals surface area contributed by atoms with Crippen LogP contribution in [0.5, 0.6) is 0 Å². The SMILES string of the molecule is C[C@@H]1CN(CCN(C)CC(C)(C)N)C[C@H](C)O1. The lowest BCUT2D eigenvalue weighted by Crippen LogP contribution is -2.49. The van der Waals surface area contributed by atoms with E-state index in [2.05, 4.69) is 44.5 Å². The quantitative estimate of drug-likeness (QED) is 0.774. The van der Waals surface area contributed by atoms with Gasteiger partial charge in [-0.2, -0.15) is 0 Å². The van der Waals surface area contributed by atoms with Crippen LogP contribution in [0.25, 0.3) is 0 Å². The second-order valence-corrected chi connectivity index (χ2v) is 6.24. The predicted octanol–water partition coefficient (Wildman–Crippen LogP) is 0.765. The molecule has 0 aromatic heterocycles. The van der Waals surface area contributed by atoms with E-state index in [-0.39, 0.29) is 5.54 Å². The van der Waals surface area contributed by atoms with E-state index >= 15 is 0 Å². The van der Waals surface area contributed by atoms with Crippen molar-refractivity contribution in [3.05, 3.63) is 0 Å². The van der Waals surface area contributed by atoms with Gasteiger partial charge < -0.3 is 15.4 Å². The number of likely N-dealkylation sites (N-methyl/N-ethyl adjacent to an activating group) is 1. The molecule has 0 spiro atoms. The van der Waals surface area contributed by atoms with Crippen molar-refractivity contribution in [1.82, 2.24) is 9.80 Å². The van der Waals surface area contributed by atoms with Crippen molar-refractivity contribution in [3.8, 4) is 0 Å². The van der Waals surface area contributed by atoms with Gasteiger partial charge in [0.1, 0.15) is 0 Å². The summed E-state index contributed by atoms with van der Waals surface area (Å²) < 4.78 is 5.73. The largest absolute Gasteiger partial charge is 0.373 e. The summed E-state index contributed by atoms with van der Waals surface area (Å²) >= 11 is 0. The summed E-state index contributed by atoms with van der Waals surface area (Å²) in [6.07, 6.45) is 0.713. The molecule has 0 radical (unpaired) electrons. The molecule has 1 rings (SSSR count). The van der Waals surface area contributed by atoms with Crippen molar-refractivity contribution in [1.29, 1.82) is 0 Å². The molecule has 1 aliphatic rings. The number of morpholine rings is 1. The molecule has 1 aliphatic heterocycles. The smallest absolute Gasteiger partial charge is 0.0678 e. The highest BCUT2D eigenvalue weighted by Gasteiger charge is 2.22. The number of nitrogens with zero attached hydrogens (tertiary/aromatic N) is 2. The Morgan fingerprint density at radius 1 is 1.29 bits per heavy atom. The average molecular weight is 243 g/mol. The van der Waals surface area contributed by atoms with Crippen LogP contribution < -0.4 is 5.73 Å². The van der Waals surface area contributed by atoms with E-state index in [0.29, 0.717) is 12.2 Å². The maximum Gasteiger partial charge on any atom is 0.0678 e. The molecule has 1 saturated heterocycles. The monoisotopic (exact) mass is 243 g/mol. The molecule has 4 nitrogen and oxygen atoms in total. The summed E-state index contributed by atoms with van der Waals surface area (Å²) in [5, 5.41) is 0. The van der Waals surface area contributed by atoms with Crippen molar-refractivity contribution in [2.45, 2.75) is 45.4 Å². The average Bonchev–Trinajstić information content (AvgIpc) is 2.10. The first kappa shape index (κ1) is 14.9. The third kappa shape index (κ3) is 6.36. The van der Waals surface area contributed by atoms with Gasteiger partial charge in [0.05, 0.1) is 12.2 Å². The summed E-state index contributed by atoms with van der Waals surface area (Å²) in [5.41, 5.74) is 5.90. The Hall–Kier alpha value is -0.160. The zero-order valence-electron chi connectivity index (χ0n) is 12.1. The van der Waals surface area contributed by atoms with E-state index < -0.39 is 0 Å². The molecule has 0 aliphatic carbocycles. The molecule has 0 aromatic carbocycles. The summed E-state index contributed by atoms with van der Waals surface area (Å²) in [7, 11) is 2.14. The molecule has 1 heterocycles. The fourth-order valence-electron chi connectivity index (χ4n) is 2.55. The van der Waals surface area contributed by atoms with Gasteiger partial charge in [-0.25, -0.2) is 0 Å². The zero-order chi connectivity index (χ0) is 13.1. The van der Waals surface area contributed by atoms with Gasteiger partial charge in [0, 0.05) is 38.3 Å². The second kappa shape index (κ2) is 6.14. The van der Waals surface area contributed by atoms with Gasteiger partial charge in [-0.15, -0.1) is 0 Å². The molecule has 17 heavy (non-hydrogen) atoms. The van der Waals surface area contributed by atoms with Crippen LogP contribution in [0, 0.1) is 0 Å².